The molecule has 0 aliphatic carbocycles. The molecule has 0 atom stereocenters. The van der Waals surface area contributed by atoms with E-state index >= 15 is 0 Å². The minimum Gasteiger partial charge on any atom is -0.474 e. The molecule has 0 fully saturated rings. The van der Waals surface area contributed by atoms with E-state index in [-0.39, 0.29) is 12.5 Å². The van der Waals surface area contributed by atoms with Gasteiger partial charge < -0.3 is 4.74 Å². The number of ether oxygens (including phenoxy) is 1. The van der Waals surface area contributed by atoms with Crippen LogP contribution in [0.25, 0.3) is 0 Å². The van der Waals surface area contributed by atoms with E-state index in [2.05, 4.69) is 32.9 Å². The van der Waals surface area contributed by atoms with Crippen molar-refractivity contribution < 1.29 is 4.74 Å². The predicted octanol–water partition coefficient (Wildman–Crippen LogP) is 6.77. The highest BCUT2D eigenvalue weighted by molar-refractivity contribution is 6.76. The Hall–Kier alpha value is -0.440. The molecule has 0 saturated heterocycles. The number of hydrogen-bond donors (Lipinski definition) is 1. The van der Waals surface area contributed by atoms with Gasteiger partial charge in [0.2, 0.25) is 5.90 Å². The van der Waals surface area contributed by atoms with Crippen LogP contribution in [0.5, 0.6) is 0 Å². The smallest absolute Gasteiger partial charge is 0.265 e. The summed E-state index contributed by atoms with van der Waals surface area (Å²) in [4.78, 5) is 0. The zero-order valence-electron chi connectivity index (χ0n) is 13.8. The normalized spacial score (nSPS) is 13.0. The SMILES string of the molecule is CC(C)=CCC/C(C)=C/CC/C(C)=C/COC(=N)C(Cl)(Cl)Cl. The first-order chi connectivity index (χ1) is 10.1. The van der Waals surface area contributed by atoms with Crippen molar-refractivity contribution >= 4 is 40.7 Å². The standard InChI is InChI=1S/C17H26Cl3NO/c1-13(2)7-5-8-14(3)9-6-10-15(4)11-12-22-16(21)17(18,19)20/h7,9,11,21H,5-6,8,10,12H2,1-4H3/b14-9+,15-11+,21-16?. The second kappa shape index (κ2) is 11.2. The number of halogens is 3. The third-order valence-corrected chi connectivity index (χ3v) is 3.55. The number of allylic oxidation sites excluding steroid dienone is 5. The van der Waals surface area contributed by atoms with E-state index in [1.165, 1.54) is 16.7 Å². The Morgan fingerprint density at radius 3 is 1.91 bits per heavy atom. The molecule has 126 valence electrons. The van der Waals surface area contributed by atoms with Gasteiger partial charge in [-0.15, -0.1) is 0 Å². The molecule has 0 saturated carbocycles. The van der Waals surface area contributed by atoms with E-state index in [0.717, 1.165) is 25.7 Å². The van der Waals surface area contributed by atoms with E-state index in [9.17, 15) is 0 Å². The average Bonchev–Trinajstić information content (AvgIpc) is 2.37. The van der Waals surface area contributed by atoms with Crippen LogP contribution in [0.3, 0.4) is 0 Å². The molecule has 0 aromatic carbocycles. The minimum atomic E-state index is -1.78. The van der Waals surface area contributed by atoms with Crippen LogP contribution in [0, 0.1) is 5.41 Å². The zero-order chi connectivity index (χ0) is 17.2. The lowest BCUT2D eigenvalue weighted by Gasteiger charge is -2.12. The monoisotopic (exact) mass is 365 g/mol. The first-order valence-electron chi connectivity index (χ1n) is 7.36. The van der Waals surface area contributed by atoms with Gasteiger partial charge >= 0.3 is 0 Å². The van der Waals surface area contributed by atoms with Gasteiger partial charge in [0.05, 0.1) is 0 Å². The molecular formula is C17H26Cl3NO. The molecule has 22 heavy (non-hydrogen) atoms. The van der Waals surface area contributed by atoms with Crippen LogP contribution in [0.2, 0.25) is 0 Å². The quantitative estimate of drug-likeness (QED) is 0.218. The molecule has 5 heteroatoms. The minimum absolute atomic E-state index is 0.252. The molecule has 0 rings (SSSR count). The van der Waals surface area contributed by atoms with Gasteiger partial charge in [0.1, 0.15) is 6.61 Å². The van der Waals surface area contributed by atoms with Crippen LogP contribution in [-0.2, 0) is 4.74 Å². The third-order valence-electron chi connectivity index (χ3n) is 3.04. The van der Waals surface area contributed by atoms with Gasteiger partial charge in [-0.3, -0.25) is 5.41 Å². The molecule has 0 amide bonds. The second-order valence-electron chi connectivity index (χ2n) is 5.60. The molecule has 0 bridgehead atoms. The molecule has 0 aromatic rings. The maximum absolute atomic E-state index is 7.41. The number of nitrogens with one attached hydrogen (secondary N) is 1. The van der Waals surface area contributed by atoms with Gasteiger partial charge in [-0.25, -0.2) is 0 Å². The number of rotatable bonds is 8. The van der Waals surface area contributed by atoms with Crippen molar-refractivity contribution in [2.45, 2.75) is 57.2 Å². The molecule has 0 aliphatic heterocycles. The summed E-state index contributed by atoms with van der Waals surface area (Å²) in [5, 5.41) is 7.41. The van der Waals surface area contributed by atoms with E-state index in [1.807, 2.05) is 13.0 Å². The molecule has 0 unspecified atom stereocenters. The van der Waals surface area contributed by atoms with Gasteiger partial charge in [-0.1, -0.05) is 63.7 Å². The number of alkyl halides is 3. The van der Waals surface area contributed by atoms with Crippen LogP contribution in [-0.4, -0.2) is 16.3 Å². The van der Waals surface area contributed by atoms with Crippen molar-refractivity contribution in [3.8, 4) is 0 Å². The first-order valence-corrected chi connectivity index (χ1v) is 8.49. The van der Waals surface area contributed by atoms with E-state index < -0.39 is 3.79 Å². The Morgan fingerprint density at radius 2 is 1.41 bits per heavy atom. The van der Waals surface area contributed by atoms with Crippen molar-refractivity contribution in [2.75, 3.05) is 6.61 Å². The average molecular weight is 367 g/mol. The van der Waals surface area contributed by atoms with Gasteiger partial charge in [0.15, 0.2) is 0 Å². The Morgan fingerprint density at radius 1 is 0.909 bits per heavy atom. The molecular weight excluding hydrogens is 341 g/mol. The lowest BCUT2D eigenvalue weighted by atomic mass is 10.1. The summed E-state index contributed by atoms with van der Waals surface area (Å²) in [6.07, 6.45) is 10.6. The van der Waals surface area contributed by atoms with Gasteiger partial charge in [-0.2, -0.15) is 0 Å². The van der Waals surface area contributed by atoms with Crippen LogP contribution >= 0.6 is 34.8 Å². The van der Waals surface area contributed by atoms with Crippen LogP contribution < -0.4 is 0 Å². The summed E-state index contributed by atoms with van der Waals surface area (Å²) in [6.45, 7) is 8.70. The first kappa shape index (κ1) is 21.6. The van der Waals surface area contributed by atoms with E-state index in [0.29, 0.717) is 0 Å². The molecule has 0 radical (unpaired) electrons. The van der Waals surface area contributed by atoms with Crippen molar-refractivity contribution in [1.82, 2.24) is 0 Å². The third kappa shape index (κ3) is 12.1. The lowest BCUT2D eigenvalue weighted by Crippen LogP contribution is -2.21. The van der Waals surface area contributed by atoms with E-state index in [1.54, 1.807) is 0 Å². The molecule has 1 N–H and O–H groups in total. The summed E-state index contributed by atoms with van der Waals surface area (Å²) in [6, 6.07) is 0. The van der Waals surface area contributed by atoms with Gasteiger partial charge in [-0.05, 0) is 59.5 Å². The van der Waals surface area contributed by atoms with Crippen molar-refractivity contribution in [3.05, 3.63) is 34.9 Å². The largest absolute Gasteiger partial charge is 0.474 e. The van der Waals surface area contributed by atoms with Crippen LogP contribution in [0.4, 0.5) is 0 Å². The second-order valence-corrected chi connectivity index (χ2v) is 7.88. The molecule has 0 heterocycles. The Kier molecular flexibility index (Phi) is 10.9. The molecule has 0 spiro atoms. The van der Waals surface area contributed by atoms with Gasteiger partial charge in [0, 0.05) is 0 Å². The Balaban J connectivity index is 4.02. The zero-order valence-corrected chi connectivity index (χ0v) is 16.1. The summed E-state index contributed by atoms with van der Waals surface area (Å²) < 4.78 is 3.28. The van der Waals surface area contributed by atoms with Gasteiger partial charge in [0.25, 0.3) is 3.79 Å². The highest BCUT2D eigenvalue weighted by Gasteiger charge is 2.28. The fraction of sp³-hybridized carbons (Fsp3) is 0.588. The molecule has 0 aliphatic rings. The highest BCUT2D eigenvalue weighted by Crippen LogP contribution is 2.27. The summed E-state index contributed by atoms with van der Waals surface area (Å²) in [5.74, 6) is -0.350. The Bertz CT molecular complexity index is 441. The van der Waals surface area contributed by atoms with Crippen molar-refractivity contribution in [2.24, 2.45) is 0 Å². The topological polar surface area (TPSA) is 33.1 Å². The van der Waals surface area contributed by atoms with Crippen LogP contribution in [0.1, 0.15) is 53.4 Å². The molecule has 2 nitrogen and oxygen atoms in total. The fourth-order valence-corrected chi connectivity index (χ4v) is 1.85. The van der Waals surface area contributed by atoms with Crippen molar-refractivity contribution in [1.29, 1.82) is 5.41 Å². The summed E-state index contributed by atoms with van der Waals surface area (Å²) in [5.41, 5.74) is 3.98. The van der Waals surface area contributed by atoms with Crippen molar-refractivity contribution in [3.63, 3.8) is 0 Å². The van der Waals surface area contributed by atoms with Crippen LogP contribution in [0.15, 0.2) is 34.9 Å². The fourth-order valence-electron chi connectivity index (χ4n) is 1.69. The number of hydrogen-bond acceptors (Lipinski definition) is 2. The predicted molar refractivity (Wildman–Crippen MR) is 99.4 cm³/mol. The highest BCUT2D eigenvalue weighted by atomic mass is 35.6. The summed E-state index contributed by atoms with van der Waals surface area (Å²) in [7, 11) is 0. The molecule has 0 aromatic heterocycles. The van der Waals surface area contributed by atoms with E-state index in [4.69, 9.17) is 44.9 Å². The lowest BCUT2D eigenvalue weighted by molar-refractivity contribution is 0.339. The summed E-state index contributed by atoms with van der Waals surface area (Å²) >= 11 is 16.6. The maximum atomic E-state index is 7.41. The maximum Gasteiger partial charge on any atom is 0.265 e. The Labute approximate surface area is 149 Å².